The minimum absolute atomic E-state index is 0.0954. The van der Waals surface area contributed by atoms with Gasteiger partial charge in [0.1, 0.15) is 19.0 Å². The van der Waals surface area contributed by atoms with Crippen molar-refractivity contribution >= 4 is 0 Å². The van der Waals surface area contributed by atoms with Crippen molar-refractivity contribution in [1.29, 1.82) is 0 Å². The Balaban J connectivity index is 2.35. The molecule has 0 radical (unpaired) electrons. The number of hydrogen-bond donors (Lipinski definition) is 6. The van der Waals surface area contributed by atoms with Crippen molar-refractivity contribution in [2.45, 2.75) is 87.5 Å². The molecule has 1 aliphatic heterocycles. The fraction of sp³-hybridized carbons (Fsp3) is 1.00. The summed E-state index contributed by atoms with van der Waals surface area (Å²) in [7, 11) is 2.93. The minimum atomic E-state index is -1.53. The maximum Gasteiger partial charge on any atom is 0.160 e. The van der Waals surface area contributed by atoms with Crippen LogP contribution in [-0.2, 0) is 18.9 Å². The Labute approximate surface area is 165 Å². The highest BCUT2D eigenvalue weighted by Crippen LogP contribution is 2.25. The van der Waals surface area contributed by atoms with Gasteiger partial charge in [0.05, 0.1) is 30.5 Å². The van der Waals surface area contributed by atoms with Gasteiger partial charge in [-0.25, -0.2) is 0 Å². The number of hydrogen-bond acceptors (Lipinski definition) is 10. The molecule has 1 saturated heterocycles. The number of methoxy groups -OCH3 is 2. The van der Waals surface area contributed by atoms with E-state index in [0.29, 0.717) is 19.4 Å². The van der Waals surface area contributed by atoms with Crippen LogP contribution in [0.4, 0.5) is 0 Å². The molecular formula is C18H36O10. The molecule has 0 bridgehead atoms. The van der Waals surface area contributed by atoms with Gasteiger partial charge in [-0.15, -0.1) is 0 Å². The molecule has 6 N–H and O–H groups in total. The number of unbranched alkanes of at least 4 members (excludes halogenated alkanes) is 1. The zero-order valence-electron chi connectivity index (χ0n) is 16.6. The van der Waals surface area contributed by atoms with Crippen molar-refractivity contribution < 1.29 is 49.6 Å². The Kier molecular flexibility index (Phi) is 12.6. The van der Waals surface area contributed by atoms with Gasteiger partial charge in [0.25, 0.3) is 0 Å². The standard InChI is InChI=1S/C18H36O10/c1-25-10-27-6-4-3-5-11(19)7-12(20)17(23)13(21)8-15-18(24)14(22)9-16(26-2)28-15/h11-24H,3-10H2,1-2H3/t11-,12-,13+,14-,15-,16+,17-,18+/m1/s1. The molecular weight excluding hydrogens is 376 g/mol. The van der Waals surface area contributed by atoms with Crippen LogP contribution in [0.15, 0.2) is 0 Å². The van der Waals surface area contributed by atoms with Gasteiger partial charge in [-0.2, -0.15) is 0 Å². The average Bonchev–Trinajstić information content (AvgIpc) is 2.67. The fourth-order valence-electron chi connectivity index (χ4n) is 3.16. The van der Waals surface area contributed by atoms with Gasteiger partial charge in [-0.3, -0.25) is 0 Å². The molecule has 0 unspecified atom stereocenters. The maximum atomic E-state index is 10.2. The molecule has 0 amide bonds. The molecule has 10 nitrogen and oxygen atoms in total. The highest BCUT2D eigenvalue weighted by atomic mass is 16.7. The van der Waals surface area contributed by atoms with Gasteiger partial charge in [-0.1, -0.05) is 0 Å². The van der Waals surface area contributed by atoms with E-state index in [4.69, 9.17) is 18.9 Å². The van der Waals surface area contributed by atoms with Crippen LogP contribution in [0.1, 0.15) is 38.5 Å². The van der Waals surface area contributed by atoms with Crippen LogP contribution in [0.5, 0.6) is 0 Å². The van der Waals surface area contributed by atoms with Crippen LogP contribution in [0.25, 0.3) is 0 Å². The fourth-order valence-corrected chi connectivity index (χ4v) is 3.16. The maximum absolute atomic E-state index is 10.2. The van der Waals surface area contributed by atoms with Gasteiger partial charge in [0.15, 0.2) is 6.29 Å². The van der Waals surface area contributed by atoms with Gasteiger partial charge < -0.3 is 49.6 Å². The number of aliphatic hydroxyl groups excluding tert-OH is 6. The molecule has 1 rings (SSSR count). The van der Waals surface area contributed by atoms with Crippen molar-refractivity contribution in [3.63, 3.8) is 0 Å². The van der Waals surface area contributed by atoms with Gasteiger partial charge in [0.2, 0.25) is 0 Å². The molecule has 0 aliphatic carbocycles. The second-order valence-corrected chi connectivity index (χ2v) is 7.19. The van der Waals surface area contributed by atoms with Crippen LogP contribution < -0.4 is 0 Å². The lowest BCUT2D eigenvalue weighted by Crippen LogP contribution is -2.51. The second-order valence-electron chi connectivity index (χ2n) is 7.19. The quantitative estimate of drug-likeness (QED) is 0.146. The summed E-state index contributed by atoms with van der Waals surface area (Å²) in [5.41, 5.74) is 0. The Bertz CT molecular complexity index is 399. The number of ether oxygens (including phenoxy) is 4. The van der Waals surface area contributed by atoms with Crippen LogP contribution in [-0.4, -0.2) is 107 Å². The first-order valence-corrected chi connectivity index (χ1v) is 9.63. The van der Waals surface area contributed by atoms with Crippen LogP contribution in [0, 0.1) is 0 Å². The third-order valence-electron chi connectivity index (χ3n) is 4.85. The minimum Gasteiger partial charge on any atom is -0.393 e. The lowest BCUT2D eigenvalue weighted by molar-refractivity contribution is -0.250. The van der Waals surface area contributed by atoms with Gasteiger partial charge >= 0.3 is 0 Å². The van der Waals surface area contributed by atoms with E-state index in [1.54, 1.807) is 0 Å². The summed E-state index contributed by atoms with van der Waals surface area (Å²) in [6.07, 6.45) is -7.52. The molecule has 0 saturated carbocycles. The lowest BCUT2D eigenvalue weighted by atomic mass is 9.92. The first-order chi connectivity index (χ1) is 13.3. The first-order valence-electron chi connectivity index (χ1n) is 9.63. The molecule has 0 aromatic carbocycles. The van der Waals surface area contributed by atoms with Crippen molar-refractivity contribution in [3.8, 4) is 0 Å². The lowest BCUT2D eigenvalue weighted by Gasteiger charge is -2.38. The molecule has 1 heterocycles. The monoisotopic (exact) mass is 412 g/mol. The predicted octanol–water partition coefficient (Wildman–Crippen LogP) is -1.52. The Hall–Kier alpha value is -0.400. The molecule has 1 fully saturated rings. The number of aliphatic hydroxyl groups is 6. The van der Waals surface area contributed by atoms with E-state index in [1.165, 1.54) is 14.2 Å². The Morgan fingerprint density at radius 3 is 2.39 bits per heavy atom. The third-order valence-corrected chi connectivity index (χ3v) is 4.85. The van der Waals surface area contributed by atoms with Crippen molar-refractivity contribution in [2.75, 3.05) is 27.6 Å². The first kappa shape index (κ1) is 25.6. The van der Waals surface area contributed by atoms with Gasteiger partial charge in [-0.05, 0) is 19.3 Å². The topological polar surface area (TPSA) is 158 Å². The molecule has 28 heavy (non-hydrogen) atoms. The summed E-state index contributed by atoms with van der Waals surface area (Å²) >= 11 is 0. The Morgan fingerprint density at radius 1 is 1.04 bits per heavy atom. The van der Waals surface area contributed by atoms with Crippen LogP contribution in [0.2, 0.25) is 0 Å². The summed E-state index contributed by atoms with van der Waals surface area (Å²) in [5, 5.41) is 60.2. The van der Waals surface area contributed by atoms with E-state index < -0.39 is 49.0 Å². The van der Waals surface area contributed by atoms with E-state index in [1.807, 2.05) is 0 Å². The van der Waals surface area contributed by atoms with E-state index in [2.05, 4.69) is 0 Å². The van der Waals surface area contributed by atoms with E-state index in [9.17, 15) is 30.6 Å². The largest absolute Gasteiger partial charge is 0.393 e. The second kappa shape index (κ2) is 13.8. The molecule has 10 heteroatoms. The highest BCUT2D eigenvalue weighted by Gasteiger charge is 2.39. The van der Waals surface area contributed by atoms with Crippen LogP contribution in [0.3, 0.4) is 0 Å². The Morgan fingerprint density at radius 2 is 1.75 bits per heavy atom. The molecule has 168 valence electrons. The smallest absolute Gasteiger partial charge is 0.160 e. The molecule has 0 spiro atoms. The molecule has 0 aromatic heterocycles. The van der Waals surface area contributed by atoms with Crippen molar-refractivity contribution in [3.05, 3.63) is 0 Å². The summed E-state index contributed by atoms with van der Waals surface area (Å²) in [6.45, 7) is 0.718. The summed E-state index contributed by atoms with van der Waals surface area (Å²) in [6, 6.07) is 0. The normalized spacial score (nSPS) is 30.0. The molecule has 8 atom stereocenters. The van der Waals surface area contributed by atoms with Crippen molar-refractivity contribution in [1.82, 2.24) is 0 Å². The average molecular weight is 412 g/mol. The zero-order valence-corrected chi connectivity index (χ0v) is 16.6. The summed E-state index contributed by atoms with van der Waals surface area (Å²) < 4.78 is 20.3. The predicted molar refractivity (Wildman–Crippen MR) is 97.2 cm³/mol. The van der Waals surface area contributed by atoms with Crippen molar-refractivity contribution in [2.24, 2.45) is 0 Å². The molecule has 0 aromatic rings. The van der Waals surface area contributed by atoms with E-state index in [-0.39, 0.29) is 26.1 Å². The van der Waals surface area contributed by atoms with E-state index >= 15 is 0 Å². The summed E-state index contributed by atoms with van der Waals surface area (Å²) in [4.78, 5) is 0. The van der Waals surface area contributed by atoms with Crippen LogP contribution >= 0.6 is 0 Å². The summed E-state index contributed by atoms with van der Waals surface area (Å²) in [5.74, 6) is 0. The molecule has 1 aliphatic rings. The third kappa shape index (κ3) is 8.95. The highest BCUT2D eigenvalue weighted by molar-refractivity contribution is 4.87. The zero-order chi connectivity index (χ0) is 21.1. The number of rotatable bonds is 14. The van der Waals surface area contributed by atoms with E-state index in [0.717, 1.165) is 6.42 Å². The van der Waals surface area contributed by atoms with Gasteiger partial charge in [0, 0.05) is 40.1 Å². The SMILES string of the molecule is COCOCCCC[C@@H](O)C[C@@H](O)[C@@H](O)[C@@H](O)C[C@H]1O[C@H](OC)C[C@@H](O)[C@@H]1O.